The first-order valence-electron chi connectivity index (χ1n) is 9.02. The molecule has 2 aromatic rings. The molecule has 4 rings (SSSR count). The van der Waals surface area contributed by atoms with E-state index in [2.05, 4.69) is 0 Å². The molecule has 0 radical (unpaired) electrons. The first-order valence-corrected chi connectivity index (χ1v) is 9.02. The lowest BCUT2D eigenvalue weighted by molar-refractivity contribution is -0.150. The molecule has 1 atom stereocenters. The highest BCUT2D eigenvalue weighted by Crippen LogP contribution is 2.39. The lowest BCUT2D eigenvalue weighted by Crippen LogP contribution is -2.07. The summed E-state index contributed by atoms with van der Waals surface area (Å²) in [4.78, 5) is 24.4. The van der Waals surface area contributed by atoms with E-state index in [9.17, 15) is 19.8 Å². The Morgan fingerprint density at radius 3 is 2.32 bits per heavy atom. The van der Waals surface area contributed by atoms with Crippen molar-refractivity contribution >= 4 is 17.5 Å². The molecule has 6 nitrogen and oxygen atoms in total. The number of rotatable bonds is 5. The second-order valence-corrected chi connectivity index (χ2v) is 7.63. The van der Waals surface area contributed by atoms with E-state index in [4.69, 9.17) is 9.47 Å². The Kier molecular flexibility index (Phi) is 4.23. The number of benzene rings is 2. The molecule has 2 aliphatic heterocycles. The van der Waals surface area contributed by atoms with E-state index >= 15 is 0 Å². The molecule has 144 valence electrons. The van der Waals surface area contributed by atoms with Gasteiger partial charge < -0.3 is 19.7 Å². The first kappa shape index (κ1) is 18.3. The Labute approximate surface area is 162 Å². The minimum absolute atomic E-state index is 0.0402. The van der Waals surface area contributed by atoms with E-state index < -0.39 is 11.9 Å². The molecule has 28 heavy (non-hydrogen) atoms. The van der Waals surface area contributed by atoms with E-state index in [0.29, 0.717) is 12.0 Å². The Morgan fingerprint density at radius 2 is 1.68 bits per heavy atom. The standard InChI is InChI=1S/C22H20O6/c1-22(2)18(28-22)11-14-9-12(3-8-17(14)24)10-16-19(21(26)27-20(16)25)13-4-6-15(23)7-5-13/h3-9,18,23-24H,10-11H2,1-2H3/t18-/m0/s1. The maximum Gasteiger partial charge on any atom is 0.347 e. The van der Waals surface area contributed by atoms with Gasteiger partial charge in [-0.25, -0.2) is 9.59 Å². The van der Waals surface area contributed by atoms with Gasteiger partial charge in [0.25, 0.3) is 0 Å². The summed E-state index contributed by atoms with van der Waals surface area (Å²) in [5.41, 5.74) is 2.29. The lowest BCUT2D eigenvalue weighted by atomic mass is 9.94. The van der Waals surface area contributed by atoms with Gasteiger partial charge in [0.1, 0.15) is 11.5 Å². The number of ether oxygens (including phenoxy) is 2. The van der Waals surface area contributed by atoms with Gasteiger partial charge in [0, 0.05) is 12.8 Å². The van der Waals surface area contributed by atoms with Gasteiger partial charge in [-0.1, -0.05) is 24.3 Å². The van der Waals surface area contributed by atoms with Crippen LogP contribution in [0.1, 0.15) is 30.5 Å². The maximum absolute atomic E-state index is 12.2. The van der Waals surface area contributed by atoms with E-state index in [1.54, 1.807) is 24.3 Å². The van der Waals surface area contributed by atoms with E-state index in [1.165, 1.54) is 12.1 Å². The smallest absolute Gasteiger partial charge is 0.347 e. The highest BCUT2D eigenvalue weighted by molar-refractivity contribution is 6.30. The molecule has 0 unspecified atom stereocenters. The topological polar surface area (TPSA) is 96.4 Å². The van der Waals surface area contributed by atoms with Gasteiger partial charge in [0.2, 0.25) is 0 Å². The maximum atomic E-state index is 12.2. The van der Waals surface area contributed by atoms with Gasteiger partial charge in [-0.2, -0.15) is 0 Å². The predicted molar refractivity (Wildman–Crippen MR) is 101 cm³/mol. The summed E-state index contributed by atoms with van der Waals surface area (Å²) < 4.78 is 10.4. The third kappa shape index (κ3) is 3.39. The van der Waals surface area contributed by atoms with Gasteiger partial charge in [-0.15, -0.1) is 0 Å². The van der Waals surface area contributed by atoms with Crippen molar-refractivity contribution in [2.45, 2.75) is 38.4 Å². The highest BCUT2D eigenvalue weighted by atomic mass is 16.6. The number of cyclic esters (lactones) is 2. The number of phenolic OH excluding ortho intramolecular Hbond substituents is 2. The molecule has 2 aromatic carbocycles. The Morgan fingerprint density at radius 1 is 1.00 bits per heavy atom. The normalized spacial score (nSPS) is 20.4. The van der Waals surface area contributed by atoms with Gasteiger partial charge in [-0.3, -0.25) is 0 Å². The number of carbonyl (C=O) groups excluding carboxylic acids is 2. The summed E-state index contributed by atoms with van der Waals surface area (Å²) >= 11 is 0. The summed E-state index contributed by atoms with van der Waals surface area (Å²) in [5.74, 6) is -1.13. The van der Waals surface area contributed by atoms with Crippen LogP contribution in [0, 0.1) is 0 Å². The molecule has 2 aliphatic rings. The largest absolute Gasteiger partial charge is 0.508 e. The van der Waals surface area contributed by atoms with Crippen LogP contribution in [0.2, 0.25) is 0 Å². The van der Waals surface area contributed by atoms with Crippen molar-refractivity contribution < 1.29 is 29.3 Å². The molecule has 2 heterocycles. The second kappa shape index (κ2) is 6.49. The van der Waals surface area contributed by atoms with Crippen molar-refractivity contribution in [2.24, 2.45) is 0 Å². The van der Waals surface area contributed by atoms with Crippen LogP contribution in [0.3, 0.4) is 0 Å². The van der Waals surface area contributed by atoms with Crippen molar-refractivity contribution in [1.82, 2.24) is 0 Å². The van der Waals surface area contributed by atoms with Crippen LogP contribution in [0.25, 0.3) is 5.57 Å². The summed E-state index contributed by atoms with van der Waals surface area (Å²) in [6.45, 7) is 3.99. The first-order chi connectivity index (χ1) is 13.2. The SMILES string of the molecule is CC1(C)O[C@H]1Cc1cc(CC2=C(c3ccc(O)cc3)C(=O)OC2=O)ccc1O. The van der Waals surface area contributed by atoms with E-state index in [-0.39, 0.29) is 40.8 Å². The number of aromatic hydroxyl groups is 2. The summed E-state index contributed by atoms with van der Waals surface area (Å²) in [7, 11) is 0. The molecule has 0 saturated carbocycles. The fraction of sp³-hybridized carbons (Fsp3) is 0.273. The van der Waals surface area contributed by atoms with Gasteiger partial charge in [0.05, 0.1) is 22.9 Å². The summed E-state index contributed by atoms with van der Waals surface area (Å²) in [5, 5.41) is 19.6. The Bertz CT molecular complexity index is 1000. The second-order valence-electron chi connectivity index (χ2n) is 7.63. The number of hydrogen-bond donors (Lipinski definition) is 2. The van der Waals surface area contributed by atoms with Crippen LogP contribution in [0.15, 0.2) is 48.0 Å². The third-order valence-electron chi connectivity index (χ3n) is 5.19. The zero-order valence-electron chi connectivity index (χ0n) is 15.6. The third-order valence-corrected chi connectivity index (χ3v) is 5.19. The van der Waals surface area contributed by atoms with Crippen molar-refractivity contribution in [2.75, 3.05) is 0 Å². The number of epoxide rings is 1. The molecular weight excluding hydrogens is 360 g/mol. The molecule has 0 aliphatic carbocycles. The zero-order chi connectivity index (χ0) is 20.1. The van der Waals surface area contributed by atoms with E-state index in [1.807, 2.05) is 19.9 Å². The van der Waals surface area contributed by atoms with Crippen LogP contribution in [-0.4, -0.2) is 33.9 Å². The molecule has 6 heteroatoms. The Balaban J connectivity index is 1.65. The molecule has 0 aromatic heterocycles. The molecule has 0 amide bonds. The van der Waals surface area contributed by atoms with Gasteiger partial charge in [-0.05, 0) is 48.7 Å². The minimum Gasteiger partial charge on any atom is -0.508 e. The monoisotopic (exact) mass is 380 g/mol. The predicted octanol–water partition coefficient (Wildman–Crippen LogP) is 2.90. The Hall–Kier alpha value is -3.12. The average molecular weight is 380 g/mol. The highest BCUT2D eigenvalue weighted by Gasteiger charge is 2.47. The number of hydrogen-bond acceptors (Lipinski definition) is 6. The fourth-order valence-electron chi connectivity index (χ4n) is 3.44. The minimum atomic E-state index is -0.696. The number of carbonyl (C=O) groups is 2. The fourth-order valence-corrected chi connectivity index (χ4v) is 3.44. The van der Waals surface area contributed by atoms with Crippen LogP contribution >= 0.6 is 0 Å². The van der Waals surface area contributed by atoms with Crippen LogP contribution < -0.4 is 0 Å². The molecule has 1 fully saturated rings. The lowest BCUT2D eigenvalue weighted by Gasteiger charge is -2.08. The van der Waals surface area contributed by atoms with Crippen LogP contribution in [-0.2, 0) is 31.9 Å². The van der Waals surface area contributed by atoms with Crippen LogP contribution in [0.5, 0.6) is 11.5 Å². The number of esters is 2. The van der Waals surface area contributed by atoms with Crippen molar-refractivity contribution in [3.05, 3.63) is 64.7 Å². The molecule has 0 bridgehead atoms. The average Bonchev–Trinajstić information content (AvgIpc) is 3.13. The van der Waals surface area contributed by atoms with Gasteiger partial charge >= 0.3 is 11.9 Å². The van der Waals surface area contributed by atoms with Crippen LogP contribution in [0.4, 0.5) is 0 Å². The summed E-state index contributed by atoms with van der Waals surface area (Å²) in [6, 6.07) is 11.2. The molecule has 0 spiro atoms. The van der Waals surface area contributed by atoms with Crippen molar-refractivity contribution in [3.63, 3.8) is 0 Å². The van der Waals surface area contributed by atoms with Crippen molar-refractivity contribution in [1.29, 1.82) is 0 Å². The molecule has 2 N–H and O–H groups in total. The van der Waals surface area contributed by atoms with E-state index in [0.717, 1.165) is 11.1 Å². The van der Waals surface area contributed by atoms with Crippen molar-refractivity contribution in [3.8, 4) is 11.5 Å². The summed E-state index contributed by atoms with van der Waals surface area (Å²) in [6.07, 6.45) is 0.807. The molecule has 1 saturated heterocycles. The number of phenols is 2. The molecular formula is C22H20O6. The zero-order valence-corrected chi connectivity index (χ0v) is 15.6. The quantitative estimate of drug-likeness (QED) is 0.470. The van der Waals surface area contributed by atoms with Gasteiger partial charge in [0.15, 0.2) is 0 Å².